The SMILES string of the molecule is BC(c1ccc(OC)cc1)c1cc(Cl)cc(Cl)c1.CN(C)C. The zero-order chi connectivity index (χ0) is 16.7. The van der Waals surface area contributed by atoms with Crippen LogP contribution in [0, 0.1) is 0 Å². The maximum absolute atomic E-state index is 6.02. The van der Waals surface area contributed by atoms with Crippen molar-refractivity contribution in [2.45, 2.75) is 5.82 Å². The quantitative estimate of drug-likeness (QED) is 0.787. The van der Waals surface area contributed by atoms with Gasteiger partial charge in [-0.3, -0.25) is 0 Å². The first-order valence-electron chi connectivity index (χ1n) is 7.04. The van der Waals surface area contributed by atoms with Gasteiger partial charge in [0.1, 0.15) is 13.6 Å². The lowest BCUT2D eigenvalue weighted by Crippen LogP contribution is -2.00. The van der Waals surface area contributed by atoms with E-state index in [0.29, 0.717) is 10.0 Å². The molecular formula is C17H22BCl2NO. The van der Waals surface area contributed by atoms with Crippen LogP contribution in [-0.4, -0.2) is 41.0 Å². The van der Waals surface area contributed by atoms with Gasteiger partial charge in [0.2, 0.25) is 0 Å². The van der Waals surface area contributed by atoms with Gasteiger partial charge in [-0.25, -0.2) is 0 Å². The van der Waals surface area contributed by atoms with Gasteiger partial charge in [-0.1, -0.05) is 35.3 Å². The predicted octanol–water partition coefficient (Wildman–Crippen LogP) is 3.90. The van der Waals surface area contributed by atoms with Crippen LogP contribution >= 0.6 is 23.2 Å². The molecule has 0 spiro atoms. The molecule has 0 fully saturated rings. The molecule has 1 atom stereocenters. The third-order valence-electron chi connectivity index (χ3n) is 3.00. The summed E-state index contributed by atoms with van der Waals surface area (Å²) >= 11 is 12.0. The van der Waals surface area contributed by atoms with Gasteiger partial charge >= 0.3 is 0 Å². The Labute approximate surface area is 144 Å². The molecule has 22 heavy (non-hydrogen) atoms. The lowest BCUT2D eigenvalue weighted by atomic mass is 9.76. The summed E-state index contributed by atoms with van der Waals surface area (Å²) in [7, 11) is 9.79. The van der Waals surface area contributed by atoms with Crippen LogP contribution in [0.1, 0.15) is 16.9 Å². The van der Waals surface area contributed by atoms with E-state index < -0.39 is 0 Å². The van der Waals surface area contributed by atoms with Crippen molar-refractivity contribution in [2.75, 3.05) is 28.3 Å². The molecule has 0 aromatic heterocycles. The normalized spacial score (nSPS) is 11.6. The Kier molecular flexibility index (Phi) is 7.81. The van der Waals surface area contributed by atoms with Crippen molar-refractivity contribution in [1.29, 1.82) is 0 Å². The summed E-state index contributed by atoms with van der Waals surface area (Å²) in [5.74, 6) is 1.10. The third-order valence-corrected chi connectivity index (χ3v) is 3.44. The average molecular weight is 338 g/mol. The van der Waals surface area contributed by atoms with E-state index in [1.807, 2.05) is 50.3 Å². The molecule has 0 aliphatic rings. The minimum Gasteiger partial charge on any atom is -0.497 e. The number of hydrogen-bond donors (Lipinski definition) is 0. The van der Waals surface area contributed by atoms with Crippen LogP contribution in [0.3, 0.4) is 0 Å². The second-order valence-electron chi connectivity index (χ2n) is 5.54. The Morgan fingerprint density at radius 2 is 1.36 bits per heavy atom. The summed E-state index contributed by atoms with van der Waals surface area (Å²) in [6, 6.07) is 13.7. The highest BCUT2D eigenvalue weighted by atomic mass is 35.5. The van der Waals surface area contributed by atoms with E-state index >= 15 is 0 Å². The number of hydrogen-bond acceptors (Lipinski definition) is 2. The Morgan fingerprint density at radius 3 is 1.77 bits per heavy atom. The number of halogens is 2. The van der Waals surface area contributed by atoms with Gasteiger partial charge < -0.3 is 9.64 Å². The standard InChI is InChI=1S/C14H13BCl2O.C3H9N/c1-18-13-4-2-9(3-5-13)14(15)10-6-11(16)8-12(17)7-10;1-4(2)3/h2-8,14H,15H2,1H3;1-3H3. The van der Waals surface area contributed by atoms with Crippen LogP contribution in [0.2, 0.25) is 10.0 Å². The third kappa shape index (κ3) is 6.31. The molecule has 2 nitrogen and oxygen atoms in total. The van der Waals surface area contributed by atoms with Crippen molar-refractivity contribution in [3.63, 3.8) is 0 Å². The van der Waals surface area contributed by atoms with E-state index in [9.17, 15) is 0 Å². The molecular weight excluding hydrogens is 316 g/mol. The largest absolute Gasteiger partial charge is 0.497 e. The maximum Gasteiger partial charge on any atom is 0.118 e. The summed E-state index contributed by atoms with van der Waals surface area (Å²) in [6.45, 7) is 0. The first-order valence-corrected chi connectivity index (χ1v) is 7.80. The molecule has 2 rings (SSSR count). The minimum absolute atomic E-state index is 0.243. The fourth-order valence-corrected chi connectivity index (χ4v) is 2.45. The molecule has 2 aromatic carbocycles. The fourth-order valence-electron chi connectivity index (χ4n) is 1.91. The van der Waals surface area contributed by atoms with Crippen LogP contribution in [0.25, 0.3) is 0 Å². The first kappa shape index (κ1) is 18.9. The molecule has 0 radical (unpaired) electrons. The molecule has 5 heteroatoms. The first-order chi connectivity index (χ1) is 10.3. The van der Waals surface area contributed by atoms with Gasteiger partial charge in [0.05, 0.1) is 7.11 Å². The molecule has 0 saturated carbocycles. The second kappa shape index (κ2) is 9.09. The average Bonchev–Trinajstić information content (AvgIpc) is 2.45. The molecule has 0 aliphatic carbocycles. The second-order valence-corrected chi connectivity index (χ2v) is 6.41. The number of ether oxygens (including phenoxy) is 1. The van der Waals surface area contributed by atoms with Gasteiger partial charge in [-0.05, 0) is 68.4 Å². The van der Waals surface area contributed by atoms with E-state index in [1.54, 1.807) is 13.2 Å². The van der Waals surface area contributed by atoms with Crippen molar-refractivity contribution < 1.29 is 4.74 Å². The molecule has 118 valence electrons. The summed E-state index contributed by atoms with van der Waals surface area (Å²) in [5, 5.41) is 1.33. The van der Waals surface area contributed by atoms with Crippen LogP contribution in [0.15, 0.2) is 42.5 Å². The van der Waals surface area contributed by atoms with E-state index in [1.165, 1.54) is 5.56 Å². The molecule has 0 bridgehead atoms. The Morgan fingerprint density at radius 1 is 0.909 bits per heavy atom. The number of nitrogens with zero attached hydrogens (tertiary/aromatic N) is 1. The van der Waals surface area contributed by atoms with Crippen molar-refractivity contribution in [3.05, 3.63) is 63.6 Å². The Bertz CT molecular complexity index is 565. The number of benzene rings is 2. The highest BCUT2D eigenvalue weighted by molar-refractivity contribution is 6.34. The molecule has 0 N–H and O–H groups in total. The molecule has 2 aromatic rings. The van der Waals surface area contributed by atoms with Gasteiger partial charge in [-0.15, -0.1) is 0 Å². The van der Waals surface area contributed by atoms with Crippen LogP contribution < -0.4 is 4.74 Å². The Hall–Kier alpha value is -1.16. The van der Waals surface area contributed by atoms with Gasteiger partial charge in [0.25, 0.3) is 0 Å². The summed E-state index contributed by atoms with van der Waals surface area (Å²) < 4.78 is 5.15. The van der Waals surface area contributed by atoms with Crippen LogP contribution in [-0.2, 0) is 0 Å². The highest BCUT2D eigenvalue weighted by Gasteiger charge is 2.10. The smallest absolute Gasteiger partial charge is 0.118 e. The summed E-state index contributed by atoms with van der Waals surface area (Å²) in [5.41, 5.74) is 2.31. The van der Waals surface area contributed by atoms with E-state index in [0.717, 1.165) is 11.3 Å². The van der Waals surface area contributed by atoms with Crippen molar-refractivity contribution in [2.24, 2.45) is 0 Å². The summed E-state index contributed by atoms with van der Waals surface area (Å²) in [6.07, 6.45) is 0. The van der Waals surface area contributed by atoms with Gasteiger partial charge in [-0.2, -0.15) is 0 Å². The highest BCUT2D eigenvalue weighted by Crippen LogP contribution is 2.28. The van der Waals surface area contributed by atoms with Crippen molar-refractivity contribution >= 4 is 31.0 Å². The summed E-state index contributed by atoms with van der Waals surface area (Å²) in [4.78, 5) is 2.00. The molecule has 0 saturated heterocycles. The monoisotopic (exact) mass is 337 g/mol. The van der Waals surface area contributed by atoms with E-state index in [2.05, 4.69) is 20.0 Å². The molecule has 1 unspecified atom stereocenters. The van der Waals surface area contributed by atoms with Crippen molar-refractivity contribution in [3.8, 4) is 5.75 Å². The topological polar surface area (TPSA) is 12.5 Å². The van der Waals surface area contributed by atoms with Gasteiger partial charge in [0, 0.05) is 10.0 Å². The lowest BCUT2D eigenvalue weighted by Gasteiger charge is -2.14. The van der Waals surface area contributed by atoms with Crippen LogP contribution in [0.4, 0.5) is 0 Å². The number of rotatable bonds is 3. The zero-order valence-corrected chi connectivity index (χ0v) is 15.2. The molecule has 0 amide bonds. The predicted molar refractivity (Wildman–Crippen MR) is 99.5 cm³/mol. The fraction of sp³-hybridized carbons (Fsp3) is 0.294. The maximum atomic E-state index is 6.02. The zero-order valence-electron chi connectivity index (χ0n) is 13.7. The van der Waals surface area contributed by atoms with Crippen LogP contribution in [0.5, 0.6) is 5.75 Å². The van der Waals surface area contributed by atoms with E-state index in [4.69, 9.17) is 27.9 Å². The van der Waals surface area contributed by atoms with Gasteiger partial charge in [0.15, 0.2) is 0 Å². The number of methoxy groups -OCH3 is 1. The molecule has 0 aliphatic heterocycles. The Balaban J connectivity index is 0.000000541. The van der Waals surface area contributed by atoms with Crippen molar-refractivity contribution in [1.82, 2.24) is 4.90 Å². The minimum atomic E-state index is 0.243. The van der Waals surface area contributed by atoms with E-state index in [-0.39, 0.29) is 5.82 Å². The lowest BCUT2D eigenvalue weighted by molar-refractivity contribution is 0.414. The molecule has 0 heterocycles.